The molecule has 1 amide bonds. The van der Waals surface area contributed by atoms with E-state index >= 15 is 0 Å². The molecule has 0 spiro atoms. The van der Waals surface area contributed by atoms with E-state index in [-0.39, 0.29) is 5.91 Å². The second kappa shape index (κ2) is 10.9. The minimum absolute atomic E-state index is 0.122. The molecule has 4 aromatic carbocycles. The molecule has 0 unspecified atom stereocenters. The van der Waals surface area contributed by atoms with E-state index in [9.17, 15) is 4.79 Å². The van der Waals surface area contributed by atoms with Gasteiger partial charge in [-0.3, -0.25) is 9.36 Å². The fourth-order valence-electron chi connectivity index (χ4n) is 3.79. The Balaban J connectivity index is 1.33. The minimum atomic E-state index is -0.122. The van der Waals surface area contributed by atoms with Crippen molar-refractivity contribution in [2.75, 3.05) is 5.32 Å². The first-order valence-corrected chi connectivity index (χ1v) is 13.2. The Labute approximate surface area is 222 Å². The monoisotopic (exact) mass is 554 g/mol. The third-order valence-corrected chi connectivity index (χ3v) is 7.14. The van der Waals surface area contributed by atoms with Gasteiger partial charge in [0.05, 0.1) is 0 Å². The maximum atomic E-state index is 12.6. The van der Waals surface area contributed by atoms with Crippen molar-refractivity contribution in [3.63, 3.8) is 0 Å². The van der Waals surface area contributed by atoms with E-state index in [0.717, 1.165) is 43.5 Å². The van der Waals surface area contributed by atoms with Crippen LogP contribution < -0.4 is 5.32 Å². The predicted octanol–water partition coefficient (Wildman–Crippen LogP) is 7.55. The highest BCUT2D eigenvalue weighted by Gasteiger charge is 2.16. The van der Waals surface area contributed by atoms with Crippen LogP contribution in [0, 0.1) is 6.92 Å². The van der Waals surface area contributed by atoms with Crippen molar-refractivity contribution in [3.05, 3.63) is 124 Å². The lowest BCUT2D eigenvalue weighted by molar-refractivity contribution is 0.102. The number of halogens is 1. The van der Waals surface area contributed by atoms with E-state index in [0.29, 0.717) is 11.3 Å². The highest BCUT2D eigenvalue weighted by molar-refractivity contribution is 9.10. The highest BCUT2D eigenvalue weighted by Crippen LogP contribution is 2.30. The van der Waals surface area contributed by atoms with Crippen molar-refractivity contribution in [1.29, 1.82) is 0 Å². The first kappa shape index (κ1) is 24.0. The van der Waals surface area contributed by atoms with Gasteiger partial charge in [-0.25, -0.2) is 0 Å². The summed E-state index contributed by atoms with van der Waals surface area (Å²) in [5.74, 6) is 1.37. The molecule has 0 atom stereocenters. The van der Waals surface area contributed by atoms with Crippen LogP contribution in [0.4, 0.5) is 5.69 Å². The summed E-state index contributed by atoms with van der Waals surface area (Å²) >= 11 is 5.11. The molecule has 0 aliphatic rings. The Morgan fingerprint density at radius 3 is 2.36 bits per heavy atom. The Kier molecular flexibility index (Phi) is 7.30. The smallest absolute Gasteiger partial charge is 0.255 e. The lowest BCUT2D eigenvalue weighted by Gasteiger charge is -2.11. The summed E-state index contributed by atoms with van der Waals surface area (Å²) in [5, 5.41) is 12.8. The molecule has 0 aliphatic heterocycles. The number of rotatable bonds is 7. The van der Waals surface area contributed by atoms with Crippen LogP contribution in [0.1, 0.15) is 21.5 Å². The van der Waals surface area contributed by atoms with Gasteiger partial charge in [0.25, 0.3) is 5.91 Å². The van der Waals surface area contributed by atoms with Crippen LogP contribution >= 0.6 is 27.7 Å². The number of para-hydroxylation sites is 1. The maximum absolute atomic E-state index is 12.6. The molecule has 36 heavy (non-hydrogen) atoms. The zero-order valence-corrected chi connectivity index (χ0v) is 22.0. The largest absolute Gasteiger partial charge is 0.322 e. The van der Waals surface area contributed by atoms with Gasteiger partial charge < -0.3 is 5.32 Å². The molecular formula is C29H23BrN4OS. The number of carbonyl (C=O) groups is 1. The van der Waals surface area contributed by atoms with E-state index in [2.05, 4.69) is 48.1 Å². The Hall–Kier alpha value is -3.68. The third kappa shape index (κ3) is 5.58. The normalized spacial score (nSPS) is 10.8. The van der Waals surface area contributed by atoms with Crippen LogP contribution in [-0.4, -0.2) is 20.7 Å². The van der Waals surface area contributed by atoms with Gasteiger partial charge in [0.1, 0.15) is 0 Å². The van der Waals surface area contributed by atoms with Crippen LogP contribution in [-0.2, 0) is 5.75 Å². The molecule has 178 valence electrons. The molecule has 0 radical (unpaired) electrons. The fourth-order valence-corrected chi connectivity index (χ4v) is 4.96. The molecule has 5 rings (SSSR count). The quantitative estimate of drug-likeness (QED) is 0.211. The SMILES string of the molecule is Cc1cccc(NC(=O)c2ccc(CSc3nnc(-c4ccc(Br)cc4)n3-c3ccccc3)cc2)c1. The number of thioether (sulfide) groups is 1. The van der Waals surface area contributed by atoms with Crippen molar-refractivity contribution in [1.82, 2.24) is 14.8 Å². The summed E-state index contributed by atoms with van der Waals surface area (Å²) in [7, 11) is 0. The lowest BCUT2D eigenvalue weighted by Crippen LogP contribution is -2.11. The van der Waals surface area contributed by atoms with E-state index in [4.69, 9.17) is 0 Å². The van der Waals surface area contributed by atoms with Crippen molar-refractivity contribution in [2.24, 2.45) is 0 Å². The van der Waals surface area contributed by atoms with Gasteiger partial charge >= 0.3 is 0 Å². The number of hydrogen-bond donors (Lipinski definition) is 1. The molecule has 1 heterocycles. The number of benzene rings is 4. The lowest BCUT2D eigenvalue weighted by atomic mass is 10.1. The van der Waals surface area contributed by atoms with Gasteiger partial charge in [-0.1, -0.05) is 82.3 Å². The number of hydrogen-bond acceptors (Lipinski definition) is 4. The Morgan fingerprint density at radius 1 is 0.889 bits per heavy atom. The number of carbonyl (C=O) groups excluding carboxylic acids is 1. The molecule has 1 aromatic heterocycles. The summed E-state index contributed by atoms with van der Waals surface area (Å²) in [4.78, 5) is 12.6. The molecule has 1 N–H and O–H groups in total. The Bertz CT molecular complexity index is 1480. The van der Waals surface area contributed by atoms with Crippen molar-refractivity contribution >= 4 is 39.3 Å². The van der Waals surface area contributed by atoms with Gasteiger partial charge in [-0.15, -0.1) is 10.2 Å². The summed E-state index contributed by atoms with van der Waals surface area (Å²) in [6, 6.07) is 33.6. The van der Waals surface area contributed by atoms with Crippen molar-refractivity contribution < 1.29 is 4.79 Å². The van der Waals surface area contributed by atoms with Crippen LogP contribution in [0.2, 0.25) is 0 Å². The van der Waals surface area contributed by atoms with Crippen LogP contribution in [0.3, 0.4) is 0 Å². The average Bonchev–Trinajstić information content (AvgIpc) is 3.32. The fraction of sp³-hybridized carbons (Fsp3) is 0.0690. The Morgan fingerprint density at radius 2 is 1.64 bits per heavy atom. The summed E-state index contributed by atoms with van der Waals surface area (Å²) in [6.07, 6.45) is 0. The van der Waals surface area contributed by atoms with E-state index in [1.807, 2.05) is 97.9 Å². The van der Waals surface area contributed by atoms with Crippen molar-refractivity contribution in [2.45, 2.75) is 17.8 Å². The number of nitrogens with one attached hydrogen (secondary N) is 1. The van der Waals surface area contributed by atoms with Crippen LogP contribution in [0.25, 0.3) is 17.1 Å². The second-order valence-electron chi connectivity index (χ2n) is 8.29. The number of aryl methyl sites for hydroxylation is 1. The molecule has 5 aromatic rings. The molecule has 5 nitrogen and oxygen atoms in total. The number of anilines is 1. The first-order valence-electron chi connectivity index (χ1n) is 11.4. The summed E-state index contributed by atoms with van der Waals surface area (Å²) < 4.78 is 3.10. The van der Waals surface area contributed by atoms with Gasteiger partial charge in [0, 0.05) is 32.7 Å². The highest BCUT2D eigenvalue weighted by atomic mass is 79.9. The van der Waals surface area contributed by atoms with Crippen LogP contribution in [0.5, 0.6) is 0 Å². The standard InChI is InChI=1S/C29H23BrN4OS/c1-20-6-5-7-25(18-20)31-28(35)23-12-10-21(11-13-23)19-36-29-33-32-27(22-14-16-24(30)17-15-22)34(29)26-8-3-2-4-9-26/h2-18H,19H2,1H3,(H,31,35). The topological polar surface area (TPSA) is 59.8 Å². The predicted molar refractivity (Wildman–Crippen MR) is 150 cm³/mol. The molecule has 0 saturated carbocycles. The number of aromatic nitrogens is 3. The van der Waals surface area contributed by atoms with Gasteiger partial charge in [0.2, 0.25) is 0 Å². The molecule has 0 saturated heterocycles. The molecular weight excluding hydrogens is 532 g/mol. The van der Waals surface area contributed by atoms with E-state index in [1.165, 1.54) is 0 Å². The van der Waals surface area contributed by atoms with Crippen molar-refractivity contribution in [3.8, 4) is 17.1 Å². The minimum Gasteiger partial charge on any atom is -0.322 e. The maximum Gasteiger partial charge on any atom is 0.255 e. The first-order chi connectivity index (χ1) is 17.6. The van der Waals surface area contributed by atoms with E-state index < -0.39 is 0 Å². The second-order valence-corrected chi connectivity index (χ2v) is 10.2. The summed E-state index contributed by atoms with van der Waals surface area (Å²) in [6.45, 7) is 2.00. The molecule has 0 fully saturated rings. The van der Waals surface area contributed by atoms with E-state index in [1.54, 1.807) is 11.8 Å². The summed E-state index contributed by atoms with van der Waals surface area (Å²) in [5.41, 5.74) is 5.61. The van der Waals surface area contributed by atoms with Gasteiger partial charge in [-0.05, 0) is 66.6 Å². The number of amides is 1. The zero-order chi connectivity index (χ0) is 24.9. The third-order valence-electron chi connectivity index (χ3n) is 5.61. The van der Waals surface area contributed by atoms with Gasteiger partial charge in [-0.2, -0.15) is 0 Å². The van der Waals surface area contributed by atoms with Gasteiger partial charge in [0.15, 0.2) is 11.0 Å². The molecule has 0 bridgehead atoms. The zero-order valence-electron chi connectivity index (χ0n) is 19.6. The average molecular weight is 556 g/mol. The van der Waals surface area contributed by atoms with Crippen LogP contribution in [0.15, 0.2) is 113 Å². The molecule has 7 heteroatoms. The molecule has 0 aliphatic carbocycles. The number of nitrogens with zero attached hydrogens (tertiary/aromatic N) is 3.